The molecule has 2 rings (SSSR count). The first-order chi connectivity index (χ1) is 9.60. The topological polar surface area (TPSA) is 113 Å². The van der Waals surface area contributed by atoms with Crippen LogP contribution in [0, 0.1) is 0 Å². The number of nitrogens with zero attached hydrogens (tertiary/aromatic N) is 4. The first kappa shape index (κ1) is 13.4. The number of amides is 1. The molecule has 102 valence electrons. The van der Waals surface area contributed by atoms with Crippen molar-refractivity contribution >= 4 is 11.6 Å². The molecule has 0 fully saturated rings. The molecule has 2 aromatic rings. The quantitative estimate of drug-likeness (QED) is 0.523. The fraction of sp³-hybridized carbons (Fsp3) is 0.167. The van der Waals surface area contributed by atoms with Gasteiger partial charge in [0.1, 0.15) is 6.67 Å². The summed E-state index contributed by atoms with van der Waals surface area (Å²) in [6.07, 6.45) is 1.50. The smallest absolute Gasteiger partial charge is 0.336 e. The van der Waals surface area contributed by atoms with Gasteiger partial charge in [-0.15, -0.1) is 0 Å². The predicted octanol–water partition coefficient (Wildman–Crippen LogP) is 2.14. The highest BCUT2D eigenvalue weighted by atomic mass is 16.5. The molecule has 8 nitrogen and oxygen atoms in total. The molecule has 1 amide bonds. The second-order valence-electron chi connectivity index (χ2n) is 3.97. The van der Waals surface area contributed by atoms with Crippen LogP contribution in [0.1, 0.15) is 6.92 Å². The lowest BCUT2D eigenvalue weighted by Gasteiger charge is -1.99. The van der Waals surface area contributed by atoms with Crippen LogP contribution >= 0.6 is 0 Å². The highest BCUT2D eigenvalue weighted by Crippen LogP contribution is 2.20. The van der Waals surface area contributed by atoms with Crippen LogP contribution in [0.3, 0.4) is 0 Å². The summed E-state index contributed by atoms with van der Waals surface area (Å²) in [6, 6.07) is 6.50. The Bertz CT molecular complexity index is 722. The van der Waals surface area contributed by atoms with Crippen molar-refractivity contribution in [2.24, 2.45) is 5.11 Å². The molecule has 1 N–H and O–H groups in total. The van der Waals surface area contributed by atoms with Crippen LogP contribution in [0.5, 0.6) is 0 Å². The number of carbonyl (C=O) groups is 1. The predicted molar refractivity (Wildman–Crippen MR) is 71.0 cm³/mol. The van der Waals surface area contributed by atoms with Gasteiger partial charge in [-0.2, -0.15) is 4.74 Å². The molecule has 0 radical (unpaired) electrons. The Labute approximate surface area is 113 Å². The van der Waals surface area contributed by atoms with E-state index in [1.165, 1.54) is 17.9 Å². The zero-order chi connectivity index (χ0) is 14.5. The SMILES string of the molecule is CC(=O)NCn1cc(-c2ccc(N=[N+]=[N-])cc2)c(=O)o1. The van der Waals surface area contributed by atoms with Gasteiger partial charge in [0, 0.05) is 17.5 Å². The highest BCUT2D eigenvalue weighted by Gasteiger charge is 2.09. The Morgan fingerprint density at radius 3 is 2.75 bits per heavy atom. The first-order valence-electron chi connectivity index (χ1n) is 5.71. The van der Waals surface area contributed by atoms with Crippen LogP contribution in [-0.2, 0) is 11.5 Å². The molecule has 20 heavy (non-hydrogen) atoms. The Kier molecular flexibility index (Phi) is 3.88. The summed E-state index contributed by atoms with van der Waals surface area (Å²) >= 11 is 0. The molecule has 0 atom stereocenters. The van der Waals surface area contributed by atoms with Crippen molar-refractivity contribution in [1.29, 1.82) is 0 Å². The molecular weight excluding hydrogens is 262 g/mol. The van der Waals surface area contributed by atoms with Crippen molar-refractivity contribution in [3.63, 3.8) is 0 Å². The fourth-order valence-electron chi connectivity index (χ4n) is 1.60. The minimum absolute atomic E-state index is 0.0847. The number of benzene rings is 1. The van der Waals surface area contributed by atoms with Gasteiger partial charge in [0.05, 0.1) is 11.8 Å². The summed E-state index contributed by atoms with van der Waals surface area (Å²) in [5.74, 6) is -0.221. The number of nitrogens with one attached hydrogen (secondary N) is 1. The molecular formula is C12H11N5O3. The second kappa shape index (κ2) is 5.77. The van der Waals surface area contributed by atoms with E-state index in [0.717, 1.165) is 0 Å². The maximum Gasteiger partial charge on any atom is 0.365 e. The molecule has 0 saturated carbocycles. The lowest BCUT2D eigenvalue weighted by atomic mass is 10.1. The molecule has 0 bridgehead atoms. The third-order valence-electron chi connectivity index (χ3n) is 2.52. The van der Waals surface area contributed by atoms with E-state index in [0.29, 0.717) is 16.8 Å². The minimum Gasteiger partial charge on any atom is -0.336 e. The van der Waals surface area contributed by atoms with Gasteiger partial charge in [-0.25, -0.2) is 4.79 Å². The average Bonchev–Trinajstić information content (AvgIpc) is 2.79. The maximum atomic E-state index is 11.7. The second-order valence-corrected chi connectivity index (χ2v) is 3.97. The van der Waals surface area contributed by atoms with Crippen molar-refractivity contribution in [3.8, 4) is 11.1 Å². The first-order valence-corrected chi connectivity index (χ1v) is 5.71. The Morgan fingerprint density at radius 1 is 1.45 bits per heavy atom. The monoisotopic (exact) mass is 273 g/mol. The zero-order valence-corrected chi connectivity index (χ0v) is 10.6. The van der Waals surface area contributed by atoms with Gasteiger partial charge in [0.15, 0.2) is 0 Å². The average molecular weight is 273 g/mol. The van der Waals surface area contributed by atoms with Gasteiger partial charge in [-0.1, -0.05) is 29.4 Å². The normalized spacial score (nSPS) is 9.85. The van der Waals surface area contributed by atoms with Crippen molar-refractivity contribution < 1.29 is 9.32 Å². The van der Waals surface area contributed by atoms with Crippen molar-refractivity contribution in [1.82, 2.24) is 10.1 Å². The molecule has 0 unspecified atom stereocenters. The molecule has 1 aromatic carbocycles. The number of rotatable bonds is 4. The van der Waals surface area contributed by atoms with Crippen LogP contribution in [0.2, 0.25) is 0 Å². The minimum atomic E-state index is -0.508. The molecule has 0 aliphatic carbocycles. The largest absolute Gasteiger partial charge is 0.365 e. The lowest BCUT2D eigenvalue weighted by Crippen LogP contribution is -2.22. The summed E-state index contributed by atoms with van der Waals surface area (Å²) < 4.78 is 6.20. The molecule has 1 heterocycles. The summed E-state index contributed by atoms with van der Waals surface area (Å²) in [5, 5.41) is 5.96. The van der Waals surface area contributed by atoms with Crippen LogP contribution in [-0.4, -0.2) is 10.6 Å². The number of carbonyl (C=O) groups excluding carboxylic acids is 1. The van der Waals surface area contributed by atoms with Crippen molar-refractivity contribution in [2.75, 3.05) is 0 Å². The maximum absolute atomic E-state index is 11.7. The van der Waals surface area contributed by atoms with E-state index >= 15 is 0 Å². The summed E-state index contributed by atoms with van der Waals surface area (Å²) in [4.78, 5) is 25.2. The van der Waals surface area contributed by atoms with Gasteiger partial charge in [-0.3, -0.25) is 4.79 Å². The summed E-state index contributed by atoms with van der Waals surface area (Å²) in [5.41, 5.74) is 9.26. The van der Waals surface area contributed by atoms with Gasteiger partial charge >= 0.3 is 5.63 Å². The van der Waals surface area contributed by atoms with Gasteiger partial charge in [0.2, 0.25) is 5.91 Å². The molecule has 0 spiro atoms. The third-order valence-corrected chi connectivity index (χ3v) is 2.52. The fourth-order valence-corrected chi connectivity index (χ4v) is 1.60. The van der Waals surface area contributed by atoms with E-state index in [4.69, 9.17) is 10.1 Å². The number of hydrogen-bond acceptors (Lipinski definition) is 4. The van der Waals surface area contributed by atoms with Crippen LogP contribution in [0.15, 0.2) is 44.9 Å². The Balaban J connectivity index is 2.26. The van der Waals surface area contributed by atoms with Crippen LogP contribution in [0.4, 0.5) is 5.69 Å². The van der Waals surface area contributed by atoms with Crippen molar-refractivity contribution in [2.45, 2.75) is 13.6 Å². The molecule has 1 aromatic heterocycles. The molecule has 0 aliphatic heterocycles. The van der Waals surface area contributed by atoms with E-state index in [1.807, 2.05) is 0 Å². The molecule has 8 heteroatoms. The molecule has 0 aliphatic rings. The van der Waals surface area contributed by atoms with Crippen LogP contribution in [0.25, 0.3) is 21.6 Å². The lowest BCUT2D eigenvalue weighted by molar-refractivity contribution is -0.119. The number of hydrogen-bond donors (Lipinski definition) is 1. The third kappa shape index (κ3) is 3.06. The van der Waals surface area contributed by atoms with E-state index in [2.05, 4.69) is 15.3 Å². The van der Waals surface area contributed by atoms with Gasteiger partial charge < -0.3 is 9.84 Å². The van der Waals surface area contributed by atoms with Gasteiger partial charge in [-0.05, 0) is 11.1 Å². The van der Waals surface area contributed by atoms with Crippen molar-refractivity contribution in [3.05, 3.63) is 51.3 Å². The zero-order valence-electron chi connectivity index (χ0n) is 10.6. The Morgan fingerprint density at radius 2 is 2.15 bits per heavy atom. The van der Waals surface area contributed by atoms with Gasteiger partial charge in [0.25, 0.3) is 0 Å². The standard InChI is InChI=1S/C12H11N5O3/c1-8(18)14-7-17-6-11(12(19)20-17)9-2-4-10(5-3-9)15-16-13/h2-6H,7H2,1H3,(H,14,18). The summed E-state index contributed by atoms with van der Waals surface area (Å²) in [6.45, 7) is 1.46. The van der Waals surface area contributed by atoms with E-state index < -0.39 is 5.63 Å². The molecule has 0 saturated heterocycles. The van der Waals surface area contributed by atoms with E-state index in [9.17, 15) is 9.59 Å². The number of azide groups is 1. The summed E-state index contributed by atoms with van der Waals surface area (Å²) in [7, 11) is 0. The van der Waals surface area contributed by atoms with Crippen LogP contribution < -0.4 is 10.9 Å². The number of aromatic nitrogens is 1. The van der Waals surface area contributed by atoms with E-state index in [1.54, 1.807) is 24.3 Å². The Hall–Kier alpha value is -2.99. The van der Waals surface area contributed by atoms with E-state index in [-0.39, 0.29) is 12.6 Å². The highest BCUT2D eigenvalue weighted by molar-refractivity contribution is 5.72.